The largest absolute Gasteiger partial charge is 0.394 e. The second-order valence-electron chi connectivity index (χ2n) is 3.02. The number of benzene rings is 1. The highest BCUT2D eigenvalue weighted by Gasteiger charge is 2.10. The summed E-state index contributed by atoms with van der Waals surface area (Å²) in [6.07, 6.45) is 3.21. The number of aromatic nitrogens is 3. The molecule has 1 heterocycles. The number of rotatable bonds is 3. The van der Waals surface area contributed by atoms with E-state index in [9.17, 15) is 5.11 Å². The van der Waals surface area contributed by atoms with Crippen molar-refractivity contribution in [2.45, 2.75) is 6.04 Å². The van der Waals surface area contributed by atoms with E-state index in [0.29, 0.717) is 0 Å². The van der Waals surface area contributed by atoms with Crippen molar-refractivity contribution in [2.24, 2.45) is 0 Å². The fourth-order valence-electron chi connectivity index (χ4n) is 1.42. The second-order valence-corrected chi connectivity index (χ2v) is 3.02. The minimum Gasteiger partial charge on any atom is -0.394 e. The number of nitrogens with zero attached hydrogens (tertiary/aromatic N) is 3. The van der Waals surface area contributed by atoms with E-state index in [2.05, 4.69) is 10.2 Å². The van der Waals surface area contributed by atoms with Crippen molar-refractivity contribution in [2.75, 3.05) is 6.61 Å². The highest BCUT2D eigenvalue weighted by Crippen LogP contribution is 2.15. The zero-order valence-electron chi connectivity index (χ0n) is 7.61. The quantitative estimate of drug-likeness (QED) is 0.779. The highest BCUT2D eigenvalue weighted by atomic mass is 16.3. The van der Waals surface area contributed by atoms with Crippen LogP contribution in [0.3, 0.4) is 0 Å². The Morgan fingerprint density at radius 2 is 1.79 bits per heavy atom. The topological polar surface area (TPSA) is 50.9 Å². The Balaban J connectivity index is 2.31. The van der Waals surface area contributed by atoms with Gasteiger partial charge in [-0.2, -0.15) is 0 Å². The first kappa shape index (κ1) is 8.90. The number of aliphatic hydroxyl groups excluding tert-OH is 1. The van der Waals surface area contributed by atoms with Crippen molar-refractivity contribution in [1.29, 1.82) is 0 Å². The molecule has 4 heteroatoms. The summed E-state index contributed by atoms with van der Waals surface area (Å²) in [6, 6.07) is 9.70. The summed E-state index contributed by atoms with van der Waals surface area (Å²) in [5.41, 5.74) is 1.05. The lowest BCUT2D eigenvalue weighted by Gasteiger charge is -2.14. The minimum atomic E-state index is -0.0915. The van der Waals surface area contributed by atoms with Gasteiger partial charge in [0, 0.05) is 0 Å². The van der Waals surface area contributed by atoms with Crippen LogP contribution >= 0.6 is 0 Å². The molecule has 0 saturated carbocycles. The summed E-state index contributed by atoms with van der Waals surface area (Å²) in [4.78, 5) is 0. The van der Waals surface area contributed by atoms with Gasteiger partial charge in [0.15, 0.2) is 0 Å². The van der Waals surface area contributed by atoms with Crippen LogP contribution in [0.4, 0.5) is 0 Å². The minimum absolute atomic E-state index is 0.0437. The van der Waals surface area contributed by atoms with Crippen molar-refractivity contribution in [3.8, 4) is 0 Å². The third-order valence-electron chi connectivity index (χ3n) is 2.15. The van der Waals surface area contributed by atoms with Gasteiger partial charge in [-0.3, -0.25) is 0 Å². The van der Waals surface area contributed by atoms with E-state index in [1.807, 2.05) is 30.3 Å². The zero-order chi connectivity index (χ0) is 9.80. The van der Waals surface area contributed by atoms with Crippen LogP contribution in [0.5, 0.6) is 0 Å². The molecule has 0 aliphatic carbocycles. The fourth-order valence-corrected chi connectivity index (χ4v) is 1.42. The van der Waals surface area contributed by atoms with Crippen molar-refractivity contribution in [3.63, 3.8) is 0 Å². The number of hydrogen-bond donors (Lipinski definition) is 1. The van der Waals surface area contributed by atoms with Crippen LogP contribution in [0.2, 0.25) is 0 Å². The monoisotopic (exact) mass is 189 g/mol. The number of aliphatic hydroxyl groups is 1. The van der Waals surface area contributed by atoms with Crippen molar-refractivity contribution in [3.05, 3.63) is 48.5 Å². The van der Waals surface area contributed by atoms with Crippen LogP contribution in [0.25, 0.3) is 0 Å². The van der Waals surface area contributed by atoms with Crippen LogP contribution in [0, 0.1) is 0 Å². The molecule has 2 rings (SSSR count). The third kappa shape index (κ3) is 1.65. The summed E-state index contributed by atoms with van der Waals surface area (Å²) in [5, 5.41) is 16.7. The first-order chi connectivity index (χ1) is 6.92. The van der Waals surface area contributed by atoms with Crippen molar-refractivity contribution < 1.29 is 5.11 Å². The molecule has 0 bridgehead atoms. The first-order valence-corrected chi connectivity index (χ1v) is 4.41. The Morgan fingerprint density at radius 3 is 2.36 bits per heavy atom. The molecule has 0 saturated heterocycles. The molecule has 0 aliphatic heterocycles. The van der Waals surface area contributed by atoms with Crippen LogP contribution in [0.1, 0.15) is 11.6 Å². The van der Waals surface area contributed by atoms with Crippen molar-refractivity contribution >= 4 is 0 Å². The maximum absolute atomic E-state index is 9.27. The molecule has 0 spiro atoms. The van der Waals surface area contributed by atoms with Gasteiger partial charge in [-0.25, -0.2) is 0 Å². The Kier molecular flexibility index (Phi) is 2.55. The van der Waals surface area contributed by atoms with E-state index in [-0.39, 0.29) is 12.6 Å². The normalized spacial score (nSPS) is 12.6. The third-order valence-corrected chi connectivity index (χ3v) is 2.15. The molecular formula is C10H11N3O. The standard InChI is InChI=1S/C10H11N3O/c14-6-10(13-7-11-12-8-13)9-4-2-1-3-5-9/h1-5,7-8,10,14H,6H2. The summed E-state index contributed by atoms with van der Waals surface area (Å²) in [5.74, 6) is 0. The van der Waals surface area contributed by atoms with Crippen LogP contribution in [-0.2, 0) is 0 Å². The second kappa shape index (κ2) is 4.02. The summed E-state index contributed by atoms with van der Waals surface area (Å²) in [6.45, 7) is 0.0437. The van der Waals surface area contributed by atoms with Gasteiger partial charge in [-0.15, -0.1) is 10.2 Å². The maximum atomic E-state index is 9.27. The molecule has 1 atom stereocenters. The van der Waals surface area contributed by atoms with Gasteiger partial charge in [-0.05, 0) is 5.56 Å². The van der Waals surface area contributed by atoms with Crippen LogP contribution < -0.4 is 0 Å². The molecule has 0 radical (unpaired) electrons. The first-order valence-electron chi connectivity index (χ1n) is 4.41. The SMILES string of the molecule is OCC(c1ccccc1)n1cnnc1. The van der Waals surface area contributed by atoms with Crippen LogP contribution in [-0.4, -0.2) is 26.5 Å². The van der Waals surface area contributed by atoms with Gasteiger partial charge in [0.25, 0.3) is 0 Å². The molecule has 1 unspecified atom stereocenters. The molecule has 0 fully saturated rings. The van der Waals surface area contributed by atoms with E-state index < -0.39 is 0 Å². The average molecular weight is 189 g/mol. The van der Waals surface area contributed by atoms with Gasteiger partial charge in [0.05, 0.1) is 12.6 Å². The Morgan fingerprint density at radius 1 is 1.14 bits per heavy atom. The predicted octanol–water partition coefficient (Wildman–Crippen LogP) is 0.860. The Hall–Kier alpha value is -1.68. The molecule has 4 nitrogen and oxygen atoms in total. The molecular weight excluding hydrogens is 178 g/mol. The predicted molar refractivity (Wildman–Crippen MR) is 51.7 cm³/mol. The lowest BCUT2D eigenvalue weighted by molar-refractivity contribution is 0.249. The van der Waals surface area contributed by atoms with E-state index in [1.54, 1.807) is 17.2 Å². The van der Waals surface area contributed by atoms with Gasteiger partial charge in [0.1, 0.15) is 12.7 Å². The molecule has 14 heavy (non-hydrogen) atoms. The van der Waals surface area contributed by atoms with Gasteiger partial charge >= 0.3 is 0 Å². The fraction of sp³-hybridized carbons (Fsp3) is 0.200. The highest BCUT2D eigenvalue weighted by molar-refractivity contribution is 5.19. The van der Waals surface area contributed by atoms with E-state index >= 15 is 0 Å². The maximum Gasteiger partial charge on any atom is 0.119 e. The lowest BCUT2D eigenvalue weighted by atomic mass is 10.1. The average Bonchev–Trinajstić information content (AvgIpc) is 2.74. The molecule has 0 aliphatic rings. The molecule has 1 N–H and O–H groups in total. The summed E-state index contributed by atoms with van der Waals surface area (Å²) < 4.78 is 1.79. The van der Waals surface area contributed by atoms with E-state index in [1.165, 1.54) is 0 Å². The Bertz CT molecular complexity index is 372. The van der Waals surface area contributed by atoms with Crippen molar-refractivity contribution in [1.82, 2.24) is 14.8 Å². The molecule has 1 aromatic carbocycles. The summed E-state index contributed by atoms with van der Waals surface area (Å²) in [7, 11) is 0. The van der Waals surface area contributed by atoms with E-state index in [0.717, 1.165) is 5.56 Å². The summed E-state index contributed by atoms with van der Waals surface area (Å²) >= 11 is 0. The Labute approximate surface area is 81.8 Å². The zero-order valence-corrected chi connectivity index (χ0v) is 7.61. The van der Waals surface area contributed by atoms with Gasteiger partial charge in [0.2, 0.25) is 0 Å². The van der Waals surface area contributed by atoms with Crippen LogP contribution in [0.15, 0.2) is 43.0 Å². The lowest BCUT2D eigenvalue weighted by Crippen LogP contribution is -2.12. The van der Waals surface area contributed by atoms with E-state index in [4.69, 9.17) is 0 Å². The number of hydrogen-bond acceptors (Lipinski definition) is 3. The smallest absolute Gasteiger partial charge is 0.119 e. The molecule has 1 aromatic heterocycles. The molecule has 2 aromatic rings. The molecule has 0 amide bonds. The van der Waals surface area contributed by atoms with Gasteiger partial charge < -0.3 is 9.67 Å². The van der Waals surface area contributed by atoms with Gasteiger partial charge in [-0.1, -0.05) is 30.3 Å². The molecule has 72 valence electrons.